The quantitative estimate of drug-likeness (QED) is 0.879. The summed E-state index contributed by atoms with van der Waals surface area (Å²) in [6.45, 7) is 0. The summed E-state index contributed by atoms with van der Waals surface area (Å²) in [6, 6.07) is 4.33. The molecule has 0 aliphatic heterocycles. The van der Waals surface area contributed by atoms with Crippen molar-refractivity contribution < 1.29 is 18.5 Å². The van der Waals surface area contributed by atoms with E-state index in [0.717, 1.165) is 12.8 Å². The molecule has 0 bridgehead atoms. The highest BCUT2D eigenvalue weighted by molar-refractivity contribution is 7.84. The molecule has 19 heavy (non-hydrogen) atoms. The van der Waals surface area contributed by atoms with E-state index in [1.54, 1.807) is 6.07 Å². The molecule has 1 fully saturated rings. The molecule has 0 spiro atoms. The Bertz CT molecular complexity index is 508. The normalized spacial score (nSPS) is 18.0. The molecule has 2 rings (SSSR count). The van der Waals surface area contributed by atoms with Gasteiger partial charge in [-0.1, -0.05) is 17.7 Å². The summed E-state index contributed by atoms with van der Waals surface area (Å²) in [5, 5.41) is 9.06. The molecule has 0 radical (unpaired) electrons. The van der Waals surface area contributed by atoms with E-state index >= 15 is 0 Å². The number of carbonyl (C=O) groups is 1. The lowest BCUT2D eigenvalue weighted by atomic mass is 10.1. The topological polar surface area (TPSA) is 54.4 Å². The van der Waals surface area contributed by atoms with Crippen LogP contribution in [0.1, 0.15) is 24.8 Å². The smallest absolute Gasteiger partial charge is 0.303 e. The number of carboxylic acid groups (broad SMARTS) is 1. The van der Waals surface area contributed by atoms with Gasteiger partial charge in [0.1, 0.15) is 5.82 Å². The number of aliphatic carboxylic acids is 1. The van der Waals surface area contributed by atoms with Gasteiger partial charge in [-0.25, -0.2) is 4.39 Å². The summed E-state index contributed by atoms with van der Waals surface area (Å²) in [5.74, 6) is -1.01. The van der Waals surface area contributed by atoms with Gasteiger partial charge < -0.3 is 5.11 Å². The Morgan fingerprint density at radius 2 is 2.16 bits per heavy atom. The van der Waals surface area contributed by atoms with Crippen LogP contribution < -0.4 is 0 Å². The van der Waals surface area contributed by atoms with Crippen molar-refractivity contribution >= 4 is 28.4 Å². The van der Waals surface area contributed by atoms with Crippen LogP contribution in [0.4, 0.5) is 4.39 Å². The van der Waals surface area contributed by atoms with Crippen molar-refractivity contribution in [3.05, 3.63) is 34.6 Å². The maximum absolute atomic E-state index is 13.6. The van der Waals surface area contributed by atoms with E-state index in [2.05, 4.69) is 0 Å². The monoisotopic (exact) mass is 304 g/mol. The first-order valence-electron chi connectivity index (χ1n) is 5.92. The van der Waals surface area contributed by atoms with E-state index in [1.165, 1.54) is 12.1 Å². The number of hydrogen-bond acceptors (Lipinski definition) is 2. The van der Waals surface area contributed by atoms with Crippen LogP contribution in [-0.4, -0.2) is 21.0 Å². The molecule has 1 aromatic carbocycles. The number of halogens is 2. The minimum atomic E-state index is -1.30. The predicted molar refractivity (Wildman–Crippen MR) is 72.0 cm³/mol. The minimum Gasteiger partial charge on any atom is -0.481 e. The molecule has 3 nitrogen and oxygen atoms in total. The average molecular weight is 305 g/mol. The molecular formula is C13H14ClFO3S. The van der Waals surface area contributed by atoms with Crippen LogP contribution in [0.2, 0.25) is 5.02 Å². The molecule has 1 saturated carbocycles. The van der Waals surface area contributed by atoms with Gasteiger partial charge >= 0.3 is 5.97 Å². The maximum Gasteiger partial charge on any atom is 0.303 e. The van der Waals surface area contributed by atoms with Gasteiger partial charge in [-0.15, -0.1) is 0 Å². The fourth-order valence-electron chi connectivity index (χ4n) is 2.09. The van der Waals surface area contributed by atoms with Crippen LogP contribution in [0.5, 0.6) is 0 Å². The summed E-state index contributed by atoms with van der Waals surface area (Å²) < 4.78 is 25.6. The zero-order valence-electron chi connectivity index (χ0n) is 10.2. The van der Waals surface area contributed by atoms with Crippen LogP contribution in [0.25, 0.3) is 0 Å². The first-order valence-corrected chi connectivity index (χ1v) is 7.78. The van der Waals surface area contributed by atoms with Gasteiger partial charge in [0.05, 0.1) is 12.2 Å². The van der Waals surface area contributed by atoms with Crippen LogP contribution in [-0.2, 0) is 21.3 Å². The van der Waals surface area contributed by atoms with Crippen molar-refractivity contribution in [3.8, 4) is 0 Å². The van der Waals surface area contributed by atoms with E-state index in [4.69, 9.17) is 16.7 Å². The Morgan fingerprint density at radius 3 is 2.68 bits per heavy atom. The van der Waals surface area contributed by atoms with E-state index in [9.17, 15) is 13.4 Å². The average Bonchev–Trinajstić information content (AvgIpc) is 3.02. The van der Waals surface area contributed by atoms with Crippen molar-refractivity contribution in [2.75, 3.05) is 5.75 Å². The fraction of sp³-hybridized carbons (Fsp3) is 0.462. The third-order valence-corrected chi connectivity index (χ3v) is 5.22. The van der Waals surface area contributed by atoms with Crippen molar-refractivity contribution in [1.29, 1.82) is 0 Å². The van der Waals surface area contributed by atoms with Gasteiger partial charge in [-0.3, -0.25) is 9.00 Å². The molecule has 1 aliphatic carbocycles. The van der Waals surface area contributed by atoms with Crippen molar-refractivity contribution in [3.63, 3.8) is 0 Å². The third-order valence-electron chi connectivity index (χ3n) is 3.32. The van der Waals surface area contributed by atoms with Gasteiger partial charge in [0.2, 0.25) is 0 Å². The number of benzene rings is 1. The lowest BCUT2D eigenvalue weighted by Crippen LogP contribution is -2.18. The maximum atomic E-state index is 13.6. The first-order chi connectivity index (χ1) is 8.92. The Morgan fingerprint density at radius 1 is 1.47 bits per heavy atom. The standard InChI is InChI=1S/C13H14ClFO3S/c14-10-2-1-3-11(15)9(10)7-19(18)8-13(4-5-13)6-12(16)17/h1-3H,4-8H2,(H,16,17). The lowest BCUT2D eigenvalue weighted by Gasteiger charge is -2.12. The Kier molecular flexibility index (Phi) is 4.26. The molecule has 1 aliphatic rings. The molecule has 1 aromatic rings. The molecular weight excluding hydrogens is 291 g/mol. The van der Waals surface area contributed by atoms with Crippen LogP contribution in [0.3, 0.4) is 0 Å². The number of rotatable bonds is 6. The van der Waals surface area contributed by atoms with Gasteiger partial charge in [0.15, 0.2) is 0 Å². The van der Waals surface area contributed by atoms with E-state index in [1.807, 2.05) is 0 Å². The Balaban J connectivity index is 2.00. The highest BCUT2D eigenvalue weighted by Gasteiger charge is 2.45. The van der Waals surface area contributed by atoms with Crippen LogP contribution >= 0.6 is 11.6 Å². The first kappa shape index (κ1) is 14.5. The molecule has 0 saturated heterocycles. The zero-order chi connectivity index (χ0) is 14.0. The highest BCUT2D eigenvalue weighted by atomic mass is 35.5. The van der Waals surface area contributed by atoms with E-state index < -0.39 is 22.6 Å². The number of hydrogen-bond donors (Lipinski definition) is 1. The number of carboxylic acids is 1. The van der Waals surface area contributed by atoms with Gasteiger partial charge in [-0.2, -0.15) is 0 Å². The van der Waals surface area contributed by atoms with Crippen LogP contribution in [0, 0.1) is 11.2 Å². The molecule has 104 valence electrons. The highest BCUT2D eigenvalue weighted by Crippen LogP contribution is 2.49. The SMILES string of the molecule is O=C(O)CC1(CS(=O)Cc2c(F)cccc2Cl)CC1. The summed E-state index contributed by atoms with van der Waals surface area (Å²) in [4.78, 5) is 10.7. The summed E-state index contributed by atoms with van der Waals surface area (Å²) in [6.07, 6.45) is 1.58. The second-order valence-electron chi connectivity index (χ2n) is 5.00. The molecule has 0 heterocycles. The van der Waals surface area contributed by atoms with Gasteiger partial charge in [0, 0.05) is 27.1 Å². The second-order valence-corrected chi connectivity index (χ2v) is 6.86. The second kappa shape index (κ2) is 5.59. The van der Waals surface area contributed by atoms with E-state index in [0.29, 0.717) is 5.75 Å². The summed E-state index contributed by atoms with van der Waals surface area (Å²) in [7, 11) is -1.30. The van der Waals surface area contributed by atoms with Crippen LogP contribution in [0.15, 0.2) is 18.2 Å². The van der Waals surface area contributed by atoms with E-state index in [-0.39, 0.29) is 28.2 Å². The van der Waals surface area contributed by atoms with Crippen molar-refractivity contribution in [2.45, 2.75) is 25.0 Å². The third kappa shape index (κ3) is 3.76. The van der Waals surface area contributed by atoms with Gasteiger partial charge in [-0.05, 0) is 30.4 Å². The fourth-order valence-corrected chi connectivity index (χ4v) is 4.19. The minimum absolute atomic E-state index is 0.0315. The molecule has 1 N–H and O–H groups in total. The Labute approximate surface area is 118 Å². The van der Waals surface area contributed by atoms with Gasteiger partial charge in [0.25, 0.3) is 0 Å². The molecule has 1 atom stereocenters. The molecule has 0 amide bonds. The van der Waals surface area contributed by atoms with Crippen molar-refractivity contribution in [1.82, 2.24) is 0 Å². The largest absolute Gasteiger partial charge is 0.481 e. The zero-order valence-corrected chi connectivity index (χ0v) is 11.8. The summed E-state index contributed by atoms with van der Waals surface area (Å²) in [5.41, 5.74) is -0.109. The summed E-state index contributed by atoms with van der Waals surface area (Å²) >= 11 is 5.88. The van der Waals surface area contributed by atoms with Crippen molar-refractivity contribution in [2.24, 2.45) is 5.41 Å². The molecule has 1 unspecified atom stereocenters. The Hall–Kier alpha value is -0.940. The predicted octanol–water partition coefficient (Wildman–Crippen LogP) is 2.98. The lowest BCUT2D eigenvalue weighted by molar-refractivity contribution is -0.138. The molecule has 0 aromatic heterocycles. The molecule has 6 heteroatoms.